The molecule has 0 aliphatic carbocycles. The van der Waals surface area contributed by atoms with E-state index >= 15 is 0 Å². The quantitative estimate of drug-likeness (QED) is 0.927. The maximum Gasteiger partial charge on any atom is 0.259 e. The Bertz CT molecular complexity index is 681. The van der Waals surface area contributed by atoms with Gasteiger partial charge in [-0.2, -0.15) is 11.3 Å². The van der Waals surface area contributed by atoms with Crippen molar-refractivity contribution in [3.8, 4) is 0 Å². The van der Waals surface area contributed by atoms with Gasteiger partial charge in [-0.25, -0.2) is 0 Å². The van der Waals surface area contributed by atoms with Crippen LogP contribution in [0.1, 0.15) is 35.2 Å². The van der Waals surface area contributed by atoms with Crippen molar-refractivity contribution in [2.45, 2.75) is 25.3 Å². The Morgan fingerprint density at radius 1 is 1.29 bits per heavy atom. The normalized spacial score (nSPS) is 20.9. The summed E-state index contributed by atoms with van der Waals surface area (Å²) in [4.78, 5) is 26.2. The summed E-state index contributed by atoms with van der Waals surface area (Å²) in [5.74, 6) is -0.696. The fraction of sp³-hybridized carbons (Fsp3) is 0.250. The highest BCUT2D eigenvalue weighted by Crippen LogP contribution is 2.39. The van der Waals surface area contributed by atoms with Crippen molar-refractivity contribution in [3.05, 3.63) is 52.2 Å². The summed E-state index contributed by atoms with van der Waals surface area (Å²) < 4.78 is 0. The largest absolute Gasteiger partial charge is 0.369 e. The molecule has 4 nitrogen and oxygen atoms in total. The van der Waals surface area contributed by atoms with Crippen molar-refractivity contribution >= 4 is 28.8 Å². The zero-order chi connectivity index (χ0) is 15.0. The molecule has 2 N–H and O–H groups in total. The number of rotatable bonds is 2. The number of fused-ring (bicyclic) bond motifs is 1. The number of amides is 2. The smallest absolute Gasteiger partial charge is 0.259 e. The summed E-state index contributed by atoms with van der Waals surface area (Å²) in [6.45, 7) is 1.95. The van der Waals surface area contributed by atoms with Crippen molar-refractivity contribution in [1.29, 1.82) is 0 Å². The number of hydrogen-bond donors (Lipinski definition) is 1. The van der Waals surface area contributed by atoms with E-state index in [-0.39, 0.29) is 23.8 Å². The van der Waals surface area contributed by atoms with E-state index in [1.165, 1.54) is 11.3 Å². The maximum absolute atomic E-state index is 12.7. The lowest BCUT2D eigenvalue weighted by atomic mass is 9.85. The summed E-state index contributed by atoms with van der Waals surface area (Å²) in [7, 11) is 0. The van der Waals surface area contributed by atoms with Crippen molar-refractivity contribution in [3.63, 3.8) is 0 Å². The molecule has 0 saturated heterocycles. The van der Waals surface area contributed by atoms with Crippen LogP contribution in [-0.2, 0) is 4.79 Å². The predicted molar refractivity (Wildman–Crippen MR) is 83.6 cm³/mol. The first-order valence-electron chi connectivity index (χ1n) is 6.83. The van der Waals surface area contributed by atoms with Gasteiger partial charge in [0.1, 0.15) is 0 Å². The lowest BCUT2D eigenvalue weighted by Crippen LogP contribution is -2.45. The zero-order valence-corrected chi connectivity index (χ0v) is 12.5. The number of carbonyl (C=O) groups is 2. The van der Waals surface area contributed by atoms with Gasteiger partial charge >= 0.3 is 0 Å². The standard InChI is InChI=1S/C16H16N2O2S/c1-10-8-13(15(17)19)12-4-2-3-5-14(12)18(10)16(20)11-6-7-21-9-11/h2-7,9-10,13H,8H2,1H3,(H2,17,19)/t10-,13-/m1/s1. The molecule has 108 valence electrons. The van der Waals surface area contributed by atoms with Crippen molar-refractivity contribution < 1.29 is 9.59 Å². The number of thiophene rings is 1. The molecule has 2 aromatic rings. The molecular weight excluding hydrogens is 284 g/mol. The minimum absolute atomic E-state index is 0.0286. The third-order valence-corrected chi connectivity index (χ3v) is 4.60. The summed E-state index contributed by atoms with van der Waals surface area (Å²) in [6.07, 6.45) is 0.558. The van der Waals surface area contributed by atoms with Crippen LogP contribution in [0.3, 0.4) is 0 Å². The molecule has 21 heavy (non-hydrogen) atoms. The van der Waals surface area contributed by atoms with E-state index < -0.39 is 0 Å². The van der Waals surface area contributed by atoms with Crippen molar-refractivity contribution in [1.82, 2.24) is 0 Å². The minimum Gasteiger partial charge on any atom is -0.369 e. The van der Waals surface area contributed by atoms with Crippen LogP contribution in [0.15, 0.2) is 41.1 Å². The lowest BCUT2D eigenvalue weighted by molar-refractivity contribution is -0.119. The molecule has 0 bridgehead atoms. The maximum atomic E-state index is 12.7. The highest BCUT2D eigenvalue weighted by Gasteiger charge is 2.36. The van der Waals surface area contributed by atoms with Crippen LogP contribution in [0.2, 0.25) is 0 Å². The Labute approximate surface area is 127 Å². The number of primary amides is 1. The van der Waals surface area contributed by atoms with Gasteiger partial charge in [0.05, 0.1) is 11.5 Å². The van der Waals surface area contributed by atoms with Gasteiger partial charge in [0.25, 0.3) is 5.91 Å². The second-order valence-electron chi connectivity index (χ2n) is 5.29. The molecule has 0 fully saturated rings. The average Bonchev–Trinajstić information content (AvgIpc) is 3.00. The third kappa shape index (κ3) is 2.34. The van der Waals surface area contributed by atoms with Gasteiger partial charge < -0.3 is 10.6 Å². The number of nitrogens with zero attached hydrogens (tertiary/aromatic N) is 1. The monoisotopic (exact) mass is 300 g/mol. The van der Waals surface area contributed by atoms with Gasteiger partial charge in [0.15, 0.2) is 0 Å². The Hall–Kier alpha value is -2.14. The molecular formula is C16H16N2O2S. The second kappa shape index (κ2) is 5.33. The van der Waals surface area contributed by atoms with Crippen LogP contribution in [0.5, 0.6) is 0 Å². The SMILES string of the molecule is C[C@@H]1C[C@@H](C(N)=O)c2ccccc2N1C(=O)c1ccsc1. The molecule has 5 heteroatoms. The Morgan fingerprint density at radius 2 is 2.05 bits per heavy atom. The number of carbonyl (C=O) groups excluding carboxylic acids is 2. The van der Waals surface area contributed by atoms with E-state index in [0.717, 1.165) is 11.3 Å². The van der Waals surface area contributed by atoms with E-state index in [0.29, 0.717) is 12.0 Å². The summed E-state index contributed by atoms with van der Waals surface area (Å²) in [6, 6.07) is 9.27. The number of anilines is 1. The first kappa shape index (κ1) is 13.8. The van der Waals surface area contributed by atoms with E-state index in [1.807, 2.05) is 48.0 Å². The first-order chi connectivity index (χ1) is 10.1. The predicted octanol–water partition coefficient (Wildman–Crippen LogP) is 2.76. The van der Waals surface area contributed by atoms with Gasteiger partial charge in [-0.15, -0.1) is 0 Å². The lowest BCUT2D eigenvalue weighted by Gasteiger charge is -2.38. The third-order valence-electron chi connectivity index (χ3n) is 3.92. The fourth-order valence-electron chi connectivity index (χ4n) is 2.92. The number of benzene rings is 1. The van der Waals surface area contributed by atoms with E-state index in [4.69, 9.17) is 5.73 Å². The Kier molecular flexibility index (Phi) is 3.51. The molecule has 2 atom stereocenters. The molecule has 2 heterocycles. The highest BCUT2D eigenvalue weighted by molar-refractivity contribution is 7.08. The fourth-order valence-corrected chi connectivity index (χ4v) is 3.55. The molecule has 1 aromatic heterocycles. The van der Waals surface area contributed by atoms with Crippen LogP contribution in [0.4, 0.5) is 5.69 Å². The summed E-state index contributed by atoms with van der Waals surface area (Å²) >= 11 is 1.50. The molecule has 3 rings (SSSR count). The Balaban J connectivity index is 2.07. The van der Waals surface area contributed by atoms with Crippen molar-refractivity contribution in [2.24, 2.45) is 5.73 Å². The zero-order valence-electron chi connectivity index (χ0n) is 11.7. The van der Waals surface area contributed by atoms with E-state index in [1.54, 1.807) is 4.90 Å². The minimum atomic E-state index is -0.336. The van der Waals surface area contributed by atoms with Crippen LogP contribution < -0.4 is 10.6 Å². The first-order valence-corrected chi connectivity index (χ1v) is 7.78. The van der Waals surface area contributed by atoms with Crippen LogP contribution in [0, 0.1) is 0 Å². The second-order valence-corrected chi connectivity index (χ2v) is 6.07. The average molecular weight is 300 g/mol. The van der Waals surface area contributed by atoms with E-state index in [2.05, 4.69) is 0 Å². The van der Waals surface area contributed by atoms with Crippen LogP contribution in [-0.4, -0.2) is 17.9 Å². The molecule has 2 amide bonds. The molecule has 1 aliphatic heterocycles. The van der Waals surface area contributed by atoms with Crippen LogP contribution in [0.25, 0.3) is 0 Å². The van der Waals surface area contributed by atoms with Gasteiger partial charge in [-0.1, -0.05) is 18.2 Å². The molecule has 0 saturated carbocycles. The molecule has 0 unspecified atom stereocenters. The van der Waals surface area contributed by atoms with Crippen LogP contribution >= 0.6 is 11.3 Å². The number of para-hydroxylation sites is 1. The molecule has 1 aromatic carbocycles. The molecule has 0 radical (unpaired) electrons. The summed E-state index contributed by atoms with van der Waals surface area (Å²) in [5, 5.41) is 3.73. The molecule has 1 aliphatic rings. The topological polar surface area (TPSA) is 63.4 Å². The number of nitrogens with two attached hydrogens (primary N) is 1. The summed E-state index contributed by atoms with van der Waals surface area (Å²) in [5.41, 5.74) is 7.83. The van der Waals surface area contributed by atoms with Gasteiger partial charge in [-0.3, -0.25) is 9.59 Å². The van der Waals surface area contributed by atoms with Crippen molar-refractivity contribution in [2.75, 3.05) is 4.90 Å². The number of hydrogen-bond acceptors (Lipinski definition) is 3. The van der Waals surface area contributed by atoms with Gasteiger partial charge in [0, 0.05) is 17.1 Å². The van der Waals surface area contributed by atoms with E-state index in [9.17, 15) is 9.59 Å². The van der Waals surface area contributed by atoms with Gasteiger partial charge in [-0.05, 0) is 36.4 Å². The highest BCUT2D eigenvalue weighted by atomic mass is 32.1. The molecule has 0 spiro atoms. The van der Waals surface area contributed by atoms with Gasteiger partial charge in [0.2, 0.25) is 5.91 Å². The Morgan fingerprint density at radius 3 is 2.71 bits per heavy atom.